The first-order valence-corrected chi connectivity index (χ1v) is 11.5. The summed E-state index contributed by atoms with van der Waals surface area (Å²) in [7, 11) is 0. The summed E-state index contributed by atoms with van der Waals surface area (Å²) in [5.41, 5.74) is 3.06. The molecule has 1 aliphatic heterocycles. The number of rotatable bonds is 5. The van der Waals surface area contributed by atoms with E-state index in [1.54, 1.807) is 6.07 Å². The van der Waals surface area contributed by atoms with Gasteiger partial charge in [0.1, 0.15) is 17.2 Å². The Morgan fingerprint density at radius 1 is 1.06 bits per heavy atom. The first kappa shape index (κ1) is 21.7. The minimum atomic E-state index is -4.53. The van der Waals surface area contributed by atoms with Gasteiger partial charge in [-0.05, 0) is 68.4 Å². The Morgan fingerprint density at radius 3 is 2.61 bits per heavy atom. The standard InChI is InChI=1S/C26H25F3N2O2/c1-2-22-24(17-10-9-16-6-3-4-13-30-21(16)15-17)31-25(33-22)18-11-12-23(32-19-7-5-8-19)20(14-18)26(27,28)29/h9-15,19H,2-8H2,1H3. The molecule has 0 amide bonds. The molecule has 0 unspecified atom stereocenters. The Kier molecular flexibility index (Phi) is 5.72. The van der Waals surface area contributed by atoms with E-state index in [1.807, 2.05) is 25.3 Å². The number of halogens is 3. The summed E-state index contributed by atoms with van der Waals surface area (Å²) in [5, 5.41) is 0. The van der Waals surface area contributed by atoms with Gasteiger partial charge in [0.25, 0.3) is 0 Å². The Balaban J connectivity index is 1.52. The van der Waals surface area contributed by atoms with Gasteiger partial charge in [-0.3, -0.25) is 4.99 Å². The highest BCUT2D eigenvalue weighted by Gasteiger charge is 2.36. The second-order valence-corrected chi connectivity index (χ2v) is 8.57. The van der Waals surface area contributed by atoms with Crippen molar-refractivity contribution in [1.82, 2.24) is 4.98 Å². The lowest BCUT2D eigenvalue weighted by Gasteiger charge is -2.28. The highest BCUT2D eigenvalue weighted by atomic mass is 19.4. The fraction of sp³-hybridized carbons (Fsp3) is 0.385. The lowest BCUT2D eigenvalue weighted by molar-refractivity contribution is -0.139. The van der Waals surface area contributed by atoms with E-state index in [9.17, 15) is 13.2 Å². The molecule has 1 saturated carbocycles. The second kappa shape index (κ2) is 8.69. The SMILES string of the molecule is CCc1oc(-c2ccc(OC3CCC3)c(C(F)(F)F)c2)nc1-c1ccc2c(c1)N=CCCC2. The molecule has 1 aromatic heterocycles. The van der Waals surface area contributed by atoms with Crippen LogP contribution in [0.1, 0.15) is 55.9 Å². The summed E-state index contributed by atoms with van der Waals surface area (Å²) in [6.45, 7) is 1.94. The third-order valence-corrected chi connectivity index (χ3v) is 6.26. The monoisotopic (exact) mass is 454 g/mol. The van der Waals surface area contributed by atoms with Crippen LogP contribution >= 0.6 is 0 Å². The zero-order chi connectivity index (χ0) is 23.0. The van der Waals surface area contributed by atoms with Gasteiger partial charge in [0, 0.05) is 23.8 Å². The first-order valence-electron chi connectivity index (χ1n) is 11.5. The summed E-state index contributed by atoms with van der Waals surface area (Å²) in [5.74, 6) is 0.661. The zero-order valence-corrected chi connectivity index (χ0v) is 18.4. The summed E-state index contributed by atoms with van der Waals surface area (Å²) in [6.07, 6.45) is 3.34. The number of alkyl halides is 3. The maximum absolute atomic E-state index is 13.8. The van der Waals surface area contributed by atoms with Crippen molar-refractivity contribution in [2.45, 2.75) is 64.1 Å². The van der Waals surface area contributed by atoms with Gasteiger partial charge in [0.2, 0.25) is 5.89 Å². The van der Waals surface area contributed by atoms with Gasteiger partial charge in [-0.2, -0.15) is 13.2 Å². The van der Waals surface area contributed by atoms with E-state index in [1.165, 1.54) is 11.6 Å². The highest BCUT2D eigenvalue weighted by Crippen LogP contribution is 2.41. The van der Waals surface area contributed by atoms with Crippen molar-refractivity contribution in [3.63, 3.8) is 0 Å². The molecule has 0 atom stereocenters. The third kappa shape index (κ3) is 4.41. The molecular weight excluding hydrogens is 429 g/mol. The van der Waals surface area contributed by atoms with Gasteiger partial charge in [-0.25, -0.2) is 4.98 Å². The molecule has 2 heterocycles. The highest BCUT2D eigenvalue weighted by molar-refractivity contribution is 5.73. The fourth-order valence-corrected chi connectivity index (χ4v) is 4.19. The number of hydrogen-bond acceptors (Lipinski definition) is 4. The summed E-state index contributed by atoms with van der Waals surface area (Å²) in [4.78, 5) is 9.16. The molecular formula is C26H25F3N2O2. The number of aliphatic imine (C=N–C) groups is 1. The number of aryl methyl sites for hydroxylation is 2. The van der Waals surface area contributed by atoms with Crippen molar-refractivity contribution in [2.24, 2.45) is 4.99 Å². The van der Waals surface area contributed by atoms with Crippen LogP contribution < -0.4 is 4.74 Å². The second-order valence-electron chi connectivity index (χ2n) is 8.57. The smallest absolute Gasteiger partial charge is 0.419 e. The molecule has 0 radical (unpaired) electrons. The molecule has 4 nitrogen and oxygen atoms in total. The van der Waals surface area contributed by atoms with E-state index < -0.39 is 11.7 Å². The molecule has 2 aromatic carbocycles. The molecule has 7 heteroatoms. The van der Waals surface area contributed by atoms with E-state index in [4.69, 9.17) is 9.15 Å². The maximum Gasteiger partial charge on any atom is 0.419 e. The lowest BCUT2D eigenvalue weighted by atomic mass is 9.96. The van der Waals surface area contributed by atoms with Crippen LogP contribution in [0.3, 0.4) is 0 Å². The van der Waals surface area contributed by atoms with Gasteiger partial charge in [0.15, 0.2) is 0 Å². The maximum atomic E-state index is 13.8. The molecule has 33 heavy (non-hydrogen) atoms. The average molecular weight is 454 g/mol. The van der Waals surface area contributed by atoms with Crippen molar-refractivity contribution in [2.75, 3.05) is 0 Å². The molecule has 3 aromatic rings. The van der Waals surface area contributed by atoms with Crippen LogP contribution in [0, 0.1) is 0 Å². The molecule has 2 aliphatic rings. The van der Waals surface area contributed by atoms with Crippen molar-refractivity contribution in [3.05, 3.63) is 53.3 Å². The van der Waals surface area contributed by atoms with E-state index in [0.29, 0.717) is 17.9 Å². The Bertz CT molecular complexity index is 1190. The number of benzene rings is 2. The van der Waals surface area contributed by atoms with Crippen LogP contribution in [0.4, 0.5) is 18.9 Å². The van der Waals surface area contributed by atoms with Crippen LogP contribution in [0.2, 0.25) is 0 Å². The van der Waals surface area contributed by atoms with Crippen LogP contribution in [0.15, 0.2) is 45.8 Å². The molecule has 5 rings (SSSR count). The molecule has 0 saturated heterocycles. The minimum absolute atomic E-state index is 0.137. The molecule has 0 spiro atoms. The van der Waals surface area contributed by atoms with E-state index in [-0.39, 0.29) is 23.3 Å². The Labute approximate surface area is 190 Å². The molecule has 0 bridgehead atoms. The molecule has 1 fully saturated rings. The van der Waals surface area contributed by atoms with Crippen LogP contribution in [-0.4, -0.2) is 17.3 Å². The van der Waals surface area contributed by atoms with E-state index >= 15 is 0 Å². The fourth-order valence-electron chi connectivity index (χ4n) is 4.19. The van der Waals surface area contributed by atoms with Crippen molar-refractivity contribution >= 4 is 11.9 Å². The minimum Gasteiger partial charge on any atom is -0.490 e. The molecule has 1 aliphatic carbocycles. The van der Waals surface area contributed by atoms with Gasteiger partial charge >= 0.3 is 6.18 Å². The summed E-state index contributed by atoms with van der Waals surface area (Å²) < 4.78 is 52.9. The van der Waals surface area contributed by atoms with Crippen LogP contribution in [0.25, 0.3) is 22.7 Å². The largest absolute Gasteiger partial charge is 0.490 e. The summed E-state index contributed by atoms with van der Waals surface area (Å²) >= 11 is 0. The Morgan fingerprint density at radius 2 is 1.88 bits per heavy atom. The van der Waals surface area contributed by atoms with Gasteiger partial charge in [-0.15, -0.1) is 0 Å². The first-order chi connectivity index (χ1) is 15.9. The Hall–Kier alpha value is -3.09. The number of ether oxygens (including phenoxy) is 1. The lowest BCUT2D eigenvalue weighted by Crippen LogP contribution is -2.25. The summed E-state index contributed by atoms with van der Waals surface area (Å²) in [6, 6.07) is 10.0. The number of fused-ring (bicyclic) bond motifs is 1. The normalized spacial score (nSPS) is 16.2. The topological polar surface area (TPSA) is 47.6 Å². The third-order valence-electron chi connectivity index (χ3n) is 6.26. The van der Waals surface area contributed by atoms with Crippen molar-refractivity contribution in [3.8, 4) is 28.5 Å². The van der Waals surface area contributed by atoms with Crippen molar-refractivity contribution < 1.29 is 22.3 Å². The van der Waals surface area contributed by atoms with Crippen molar-refractivity contribution in [1.29, 1.82) is 0 Å². The zero-order valence-electron chi connectivity index (χ0n) is 18.4. The van der Waals surface area contributed by atoms with Gasteiger partial charge < -0.3 is 9.15 Å². The number of oxazole rings is 1. The average Bonchev–Trinajstić information content (AvgIpc) is 3.06. The quantitative estimate of drug-likeness (QED) is 0.400. The van der Waals surface area contributed by atoms with E-state index in [2.05, 4.69) is 16.0 Å². The molecule has 172 valence electrons. The predicted molar refractivity (Wildman–Crippen MR) is 121 cm³/mol. The van der Waals surface area contributed by atoms with Gasteiger partial charge in [-0.1, -0.05) is 19.1 Å². The molecule has 0 N–H and O–H groups in total. The van der Waals surface area contributed by atoms with Gasteiger partial charge in [0.05, 0.1) is 17.4 Å². The number of nitrogens with zero attached hydrogens (tertiary/aromatic N) is 2. The van der Waals surface area contributed by atoms with E-state index in [0.717, 1.165) is 55.8 Å². The predicted octanol–water partition coefficient (Wildman–Crippen LogP) is 7.56. The van der Waals surface area contributed by atoms with Crippen LogP contribution in [0.5, 0.6) is 5.75 Å². The number of aromatic nitrogens is 1. The van der Waals surface area contributed by atoms with Crippen LogP contribution in [-0.2, 0) is 19.0 Å². The number of hydrogen-bond donors (Lipinski definition) is 0.